The van der Waals surface area contributed by atoms with Crippen LogP contribution in [0.4, 0.5) is 17.6 Å². The lowest BCUT2D eigenvalue weighted by Gasteiger charge is -2.29. The van der Waals surface area contributed by atoms with Gasteiger partial charge in [0, 0.05) is 16.7 Å². The molecule has 2 aliphatic carbocycles. The molecule has 0 aliphatic heterocycles. The van der Waals surface area contributed by atoms with Gasteiger partial charge in [0.05, 0.1) is 0 Å². The molecule has 0 aromatic heterocycles. The van der Waals surface area contributed by atoms with Gasteiger partial charge in [-0.15, -0.1) is 0 Å². The molecule has 0 saturated carbocycles. The maximum atomic E-state index is 15.6. The van der Waals surface area contributed by atoms with Crippen LogP contribution in [-0.4, -0.2) is 0 Å². The van der Waals surface area contributed by atoms with Crippen LogP contribution in [0.5, 0.6) is 0 Å². The summed E-state index contributed by atoms with van der Waals surface area (Å²) in [4.78, 5) is 0. The number of rotatable bonds is 7. The summed E-state index contributed by atoms with van der Waals surface area (Å²) in [6.07, 6.45) is 6.27. The smallest absolute Gasteiger partial charge is 0.164 e. The topological polar surface area (TPSA) is 0 Å². The molecular weight excluding hydrogens is 412 g/mol. The zero-order valence-corrected chi connectivity index (χ0v) is 19.0. The number of hydrogen-bond acceptors (Lipinski definition) is 0. The Balaban J connectivity index is 1.68. The fourth-order valence-corrected chi connectivity index (χ4v) is 5.32. The first kappa shape index (κ1) is 23.1. The number of unbranched alkanes of at least 4 members (excludes halogenated alkanes) is 2. The van der Waals surface area contributed by atoms with E-state index in [-0.39, 0.29) is 22.3 Å². The quantitative estimate of drug-likeness (QED) is 0.295. The minimum absolute atomic E-state index is 0.262. The summed E-state index contributed by atoms with van der Waals surface area (Å²) in [7, 11) is 0. The maximum Gasteiger partial charge on any atom is 0.164 e. The number of alkyl halides is 2. The van der Waals surface area contributed by atoms with Crippen LogP contribution in [0.3, 0.4) is 0 Å². The largest absolute Gasteiger partial charge is 0.239 e. The molecule has 2 aromatic carbocycles. The molecule has 0 heterocycles. The Hall–Kier alpha value is -2.10. The van der Waals surface area contributed by atoms with Crippen LogP contribution in [0.15, 0.2) is 30.3 Å². The summed E-state index contributed by atoms with van der Waals surface area (Å²) >= 11 is 0. The molecule has 4 rings (SSSR count). The van der Waals surface area contributed by atoms with Gasteiger partial charge in [0.15, 0.2) is 12.3 Å². The van der Waals surface area contributed by atoms with E-state index in [2.05, 4.69) is 13.0 Å². The summed E-state index contributed by atoms with van der Waals surface area (Å²) in [5, 5.41) is 0. The van der Waals surface area contributed by atoms with E-state index < -0.39 is 24.0 Å². The van der Waals surface area contributed by atoms with E-state index in [0.29, 0.717) is 29.9 Å². The van der Waals surface area contributed by atoms with Crippen LogP contribution in [0.1, 0.15) is 99.8 Å². The first-order valence-electron chi connectivity index (χ1n) is 12.1. The van der Waals surface area contributed by atoms with E-state index in [0.717, 1.165) is 24.8 Å². The Morgan fingerprint density at radius 3 is 2.09 bits per heavy atom. The average Bonchev–Trinajstić information content (AvgIpc) is 2.79. The molecule has 4 heteroatoms. The number of allylic oxidation sites excluding steroid dienone is 2. The zero-order chi connectivity index (χ0) is 22.8. The minimum Gasteiger partial charge on any atom is -0.239 e. The second-order valence-corrected chi connectivity index (χ2v) is 9.31. The lowest BCUT2D eigenvalue weighted by atomic mass is 9.78. The predicted molar refractivity (Wildman–Crippen MR) is 123 cm³/mol. The Morgan fingerprint density at radius 1 is 0.812 bits per heavy atom. The Bertz CT molecular complexity index is 1010. The third-order valence-corrected chi connectivity index (χ3v) is 7.14. The Labute approximate surface area is 188 Å². The van der Waals surface area contributed by atoms with Crippen LogP contribution in [0.25, 0.3) is 16.7 Å². The first-order valence-corrected chi connectivity index (χ1v) is 12.1. The second-order valence-electron chi connectivity index (χ2n) is 9.31. The van der Waals surface area contributed by atoms with Crippen LogP contribution in [0, 0.1) is 17.6 Å². The summed E-state index contributed by atoms with van der Waals surface area (Å²) in [5.74, 6) is -0.780. The van der Waals surface area contributed by atoms with Gasteiger partial charge in [-0.25, -0.2) is 17.6 Å². The molecule has 32 heavy (non-hydrogen) atoms. The van der Waals surface area contributed by atoms with Crippen molar-refractivity contribution in [3.63, 3.8) is 0 Å². The molecule has 0 N–H and O–H groups in total. The lowest BCUT2D eigenvalue weighted by Crippen LogP contribution is -2.17. The number of benzene rings is 2. The first-order chi connectivity index (χ1) is 15.5. The number of halogens is 4. The highest BCUT2D eigenvalue weighted by atomic mass is 19.2. The average molecular weight is 445 g/mol. The molecule has 0 radical (unpaired) electrons. The third-order valence-electron chi connectivity index (χ3n) is 7.14. The molecule has 0 fully saturated rings. The van der Waals surface area contributed by atoms with E-state index >= 15 is 13.2 Å². The highest BCUT2D eigenvalue weighted by Crippen LogP contribution is 2.51. The van der Waals surface area contributed by atoms with Crippen molar-refractivity contribution >= 4 is 5.57 Å². The van der Waals surface area contributed by atoms with Gasteiger partial charge in [-0.1, -0.05) is 76.3 Å². The highest BCUT2D eigenvalue weighted by molar-refractivity contribution is 5.79. The summed E-state index contributed by atoms with van der Waals surface area (Å²) in [6, 6.07) is 6.52. The monoisotopic (exact) mass is 444 g/mol. The van der Waals surface area contributed by atoms with Crippen molar-refractivity contribution in [2.45, 2.75) is 84.0 Å². The highest BCUT2D eigenvalue weighted by Gasteiger charge is 2.39. The van der Waals surface area contributed by atoms with E-state index in [9.17, 15) is 4.39 Å². The van der Waals surface area contributed by atoms with Gasteiger partial charge in [-0.05, 0) is 53.9 Å². The van der Waals surface area contributed by atoms with Gasteiger partial charge in [-0.3, -0.25) is 0 Å². The van der Waals surface area contributed by atoms with Crippen molar-refractivity contribution in [2.75, 3.05) is 0 Å². The van der Waals surface area contributed by atoms with Crippen molar-refractivity contribution in [1.29, 1.82) is 0 Å². The molecule has 2 aromatic rings. The Kier molecular flexibility index (Phi) is 7.07. The summed E-state index contributed by atoms with van der Waals surface area (Å²) in [6.45, 7) is 4.10. The van der Waals surface area contributed by atoms with Gasteiger partial charge < -0.3 is 0 Å². The molecule has 3 unspecified atom stereocenters. The predicted octanol–water partition coefficient (Wildman–Crippen LogP) is 9.38. The number of aryl methyl sites for hydroxylation is 1. The SMILES string of the molecule is CCCCCC1CC=C(c2ccc3c(c2F)C(F)C(F)c2c-3ccc(CCC)c2F)CC1. The van der Waals surface area contributed by atoms with Gasteiger partial charge in [0.2, 0.25) is 0 Å². The molecule has 172 valence electrons. The van der Waals surface area contributed by atoms with Crippen LogP contribution in [-0.2, 0) is 6.42 Å². The van der Waals surface area contributed by atoms with Gasteiger partial charge >= 0.3 is 0 Å². The van der Waals surface area contributed by atoms with Gasteiger partial charge in [0.1, 0.15) is 11.6 Å². The summed E-state index contributed by atoms with van der Waals surface area (Å²) in [5.41, 5.74) is 1.59. The molecule has 2 aliphatic rings. The van der Waals surface area contributed by atoms with Crippen LogP contribution < -0.4 is 0 Å². The van der Waals surface area contributed by atoms with Crippen LogP contribution >= 0.6 is 0 Å². The standard InChI is InChI=1S/C28H32F4/c1-3-5-6-8-17-9-11-18(12-10-17)20-15-16-22-21-14-13-19(7-4-2)25(29)23(21)27(31)28(32)24(22)26(20)30/h11,13-17,27-28H,3-10,12H2,1-2H3. The van der Waals surface area contributed by atoms with Crippen molar-refractivity contribution in [3.8, 4) is 11.1 Å². The van der Waals surface area contributed by atoms with E-state index in [4.69, 9.17) is 0 Å². The van der Waals surface area contributed by atoms with Crippen molar-refractivity contribution in [1.82, 2.24) is 0 Å². The fourth-order valence-electron chi connectivity index (χ4n) is 5.32. The van der Waals surface area contributed by atoms with E-state index in [1.165, 1.54) is 25.7 Å². The molecule has 0 bridgehead atoms. The van der Waals surface area contributed by atoms with E-state index in [1.807, 2.05) is 6.92 Å². The van der Waals surface area contributed by atoms with Gasteiger partial charge in [0.25, 0.3) is 0 Å². The van der Waals surface area contributed by atoms with Crippen LogP contribution in [0.2, 0.25) is 0 Å². The lowest BCUT2D eigenvalue weighted by molar-refractivity contribution is 0.160. The van der Waals surface area contributed by atoms with Crippen molar-refractivity contribution < 1.29 is 17.6 Å². The molecule has 3 atom stereocenters. The fraction of sp³-hybridized carbons (Fsp3) is 0.500. The molecule has 0 amide bonds. The Morgan fingerprint density at radius 2 is 1.47 bits per heavy atom. The summed E-state index contributed by atoms with van der Waals surface area (Å²) < 4.78 is 60.8. The third kappa shape index (κ3) is 4.13. The molecule has 0 nitrogen and oxygen atoms in total. The second kappa shape index (κ2) is 9.80. The minimum atomic E-state index is -2.21. The zero-order valence-electron chi connectivity index (χ0n) is 19.0. The van der Waals surface area contributed by atoms with Crippen molar-refractivity contribution in [2.24, 2.45) is 5.92 Å². The molecule has 0 saturated heterocycles. The maximum absolute atomic E-state index is 15.6. The van der Waals surface area contributed by atoms with Gasteiger partial charge in [-0.2, -0.15) is 0 Å². The molecular formula is C28H32F4. The van der Waals surface area contributed by atoms with Crippen molar-refractivity contribution in [3.05, 3.63) is 64.2 Å². The molecule has 0 spiro atoms. The van der Waals surface area contributed by atoms with E-state index in [1.54, 1.807) is 24.3 Å². The number of hydrogen-bond donors (Lipinski definition) is 0. The normalized spacial score (nSPS) is 22.3. The number of fused-ring (bicyclic) bond motifs is 3.